The lowest BCUT2D eigenvalue weighted by Crippen LogP contribution is -2.23. The second-order valence-corrected chi connectivity index (χ2v) is 7.50. The molecule has 0 bridgehead atoms. The van der Waals surface area contributed by atoms with Crippen molar-refractivity contribution in [3.8, 4) is 5.69 Å². The third-order valence-electron chi connectivity index (χ3n) is 3.78. The molecular weight excluding hydrogens is 352 g/mol. The lowest BCUT2D eigenvalue weighted by atomic mass is 10.0. The molecule has 1 N–H and O–H groups in total. The number of rotatable bonds is 6. The first-order valence-corrected chi connectivity index (χ1v) is 9.11. The van der Waals surface area contributed by atoms with Crippen LogP contribution in [0.1, 0.15) is 38.0 Å². The average Bonchev–Trinajstić information content (AvgIpc) is 3.23. The summed E-state index contributed by atoms with van der Waals surface area (Å²) < 4.78 is 6.57. The predicted octanol–water partition coefficient (Wildman–Crippen LogP) is 3.20. The Kier molecular flexibility index (Phi) is 5.36. The second-order valence-electron chi connectivity index (χ2n) is 6.19. The fourth-order valence-corrected chi connectivity index (χ4v) is 3.09. The highest BCUT2D eigenvalue weighted by atomic mass is 32.2. The molecule has 0 radical (unpaired) electrons. The topological polar surface area (TPSA) is 98.7 Å². The molecule has 1 unspecified atom stereocenters. The Morgan fingerprint density at radius 2 is 1.96 bits per heavy atom. The Balaban J connectivity index is 1.70. The minimum Gasteiger partial charge on any atom is -0.360 e. The number of tetrazole rings is 1. The number of benzene rings is 1. The SMILES string of the molecule is Cc1cc(NC(=O)C(C)Sc2nnnn2-c2ccc(C(C)C)cc2)no1. The number of nitrogens with zero attached hydrogens (tertiary/aromatic N) is 5. The summed E-state index contributed by atoms with van der Waals surface area (Å²) in [6.45, 7) is 7.83. The van der Waals surface area contributed by atoms with Crippen LogP contribution in [0.3, 0.4) is 0 Å². The molecule has 1 atom stereocenters. The van der Waals surface area contributed by atoms with E-state index in [1.807, 2.05) is 12.1 Å². The quantitative estimate of drug-likeness (QED) is 0.663. The number of aryl methyl sites for hydroxylation is 1. The number of anilines is 1. The fourth-order valence-electron chi connectivity index (χ4n) is 2.28. The summed E-state index contributed by atoms with van der Waals surface area (Å²) >= 11 is 1.27. The average molecular weight is 372 g/mol. The van der Waals surface area contributed by atoms with E-state index in [4.69, 9.17) is 4.52 Å². The number of hydrogen-bond acceptors (Lipinski definition) is 7. The van der Waals surface area contributed by atoms with E-state index < -0.39 is 5.25 Å². The lowest BCUT2D eigenvalue weighted by Gasteiger charge is -2.11. The van der Waals surface area contributed by atoms with Crippen LogP contribution in [-0.2, 0) is 4.79 Å². The molecule has 8 nitrogen and oxygen atoms in total. The van der Waals surface area contributed by atoms with Crippen molar-refractivity contribution in [3.05, 3.63) is 41.7 Å². The summed E-state index contributed by atoms with van der Waals surface area (Å²) in [5.74, 6) is 1.28. The van der Waals surface area contributed by atoms with Gasteiger partial charge in [0.25, 0.3) is 0 Å². The minimum absolute atomic E-state index is 0.201. The lowest BCUT2D eigenvalue weighted by molar-refractivity contribution is -0.115. The van der Waals surface area contributed by atoms with E-state index >= 15 is 0 Å². The van der Waals surface area contributed by atoms with Gasteiger partial charge in [0.15, 0.2) is 5.82 Å². The van der Waals surface area contributed by atoms with Gasteiger partial charge in [-0.15, -0.1) is 5.10 Å². The minimum atomic E-state index is -0.410. The van der Waals surface area contributed by atoms with E-state index in [2.05, 4.69) is 52.0 Å². The molecule has 0 aliphatic carbocycles. The van der Waals surface area contributed by atoms with Gasteiger partial charge in [0.05, 0.1) is 10.9 Å². The molecule has 0 fully saturated rings. The Labute approximate surface area is 155 Å². The van der Waals surface area contributed by atoms with E-state index in [-0.39, 0.29) is 5.91 Å². The zero-order valence-electron chi connectivity index (χ0n) is 15.0. The van der Waals surface area contributed by atoms with Gasteiger partial charge in [0.2, 0.25) is 11.1 Å². The molecule has 2 aromatic heterocycles. The maximum atomic E-state index is 12.3. The molecule has 0 aliphatic heterocycles. The summed E-state index contributed by atoms with van der Waals surface area (Å²) in [4.78, 5) is 12.3. The summed E-state index contributed by atoms with van der Waals surface area (Å²) in [5, 5.41) is 18.4. The highest BCUT2D eigenvalue weighted by Gasteiger charge is 2.20. The monoisotopic (exact) mass is 372 g/mol. The number of carbonyl (C=O) groups is 1. The maximum absolute atomic E-state index is 12.3. The van der Waals surface area contributed by atoms with E-state index in [1.165, 1.54) is 17.3 Å². The number of carbonyl (C=O) groups excluding carboxylic acids is 1. The van der Waals surface area contributed by atoms with Crippen LogP contribution in [0.5, 0.6) is 0 Å². The molecule has 3 rings (SSSR count). The zero-order valence-corrected chi connectivity index (χ0v) is 15.8. The number of hydrogen-bond donors (Lipinski definition) is 1. The Morgan fingerprint density at radius 3 is 2.58 bits per heavy atom. The van der Waals surface area contributed by atoms with Gasteiger partial charge in [-0.3, -0.25) is 4.79 Å². The third kappa shape index (κ3) is 4.10. The van der Waals surface area contributed by atoms with Gasteiger partial charge in [0, 0.05) is 6.07 Å². The van der Waals surface area contributed by atoms with Crippen LogP contribution in [-0.4, -0.2) is 36.5 Å². The molecule has 9 heteroatoms. The second kappa shape index (κ2) is 7.69. The molecule has 0 spiro atoms. The van der Waals surface area contributed by atoms with Crippen molar-refractivity contribution in [2.45, 2.75) is 44.0 Å². The van der Waals surface area contributed by atoms with Crippen LogP contribution >= 0.6 is 11.8 Å². The molecule has 0 saturated heterocycles. The summed E-state index contributed by atoms with van der Waals surface area (Å²) in [5.41, 5.74) is 2.09. The van der Waals surface area contributed by atoms with E-state index in [9.17, 15) is 4.79 Å². The van der Waals surface area contributed by atoms with Crippen LogP contribution in [0.2, 0.25) is 0 Å². The van der Waals surface area contributed by atoms with Crippen molar-refractivity contribution in [2.24, 2.45) is 0 Å². The van der Waals surface area contributed by atoms with E-state index in [0.717, 1.165) is 5.69 Å². The zero-order chi connectivity index (χ0) is 18.7. The van der Waals surface area contributed by atoms with Gasteiger partial charge < -0.3 is 9.84 Å². The molecule has 2 heterocycles. The number of aromatic nitrogens is 5. The first kappa shape index (κ1) is 18.1. The van der Waals surface area contributed by atoms with Gasteiger partial charge in [-0.25, -0.2) is 0 Å². The molecule has 26 heavy (non-hydrogen) atoms. The Morgan fingerprint density at radius 1 is 1.23 bits per heavy atom. The van der Waals surface area contributed by atoms with Crippen molar-refractivity contribution in [1.29, 1.82) is 0 Å². The molecule has 0 aliphatic rings. The molecule has 1 aromatic carbocycles. The fraction of sp³-hybridized carbons (Fsp3) is 0.353. The predicted molar refractivity (Wildman–Crippen MR) is 98.4 cm³/mol. The van der Waals surface area contributed by atoms with E-state index in [0.29, 0.717) is 22.7 Å². The van der Waals surface area contributed by atoms with Gasteiger partial charge in [0.1, 0.15) is 5.76 Å². The summed E-state index contributed by atoms with van der Waals surface area (Å²) in [7, 11) is 0. The molecule has 136 valence electrons. The standard InChI is InChI=1S/C17H20N6O2S/c1-10(2)13-5-7-14(8-6-13)23-17(19-21-22-23)26-12(4)16(24)18-15-9-11(3)25-20-15/h5-10,12H,1-4H3,(H,18,20,24). The van der Waals surface area contributed by atoms with Gasteiger partial charge in [-0.1, -0.05) is 42.9 Å². The molecular formula is C17H20N6O2S. The van der Waals surface area contributed by atoms with Crippen LogP contribution in [0, 0.1) is 6.92 Å². The van der Waals surface area contributed by atoms with Gasteiger partial charge in [-0.05, 0) is 47.9 Å². The van der Waals surface area contributed by atoms with Gasteiger partial charge in [-0.2, -0.15) is 4.68 Å². The van der Waals surface area contributed by atoms with Crippen molar-refractivity contribution in [2.75, 3.05) is 5.32 Å². The van der Waals surface area contributed by atoms with Gasteiger partial charge >= 0.3 is 0 Å². The largest absolute Gasteiger partial charge is 0.360 e. The Bertz CT molecular complexity index is 887. The number of nitrogens with one attached hydrogen (secondary N) is 1. The first-order chi connectivity index (χ1) is 12.4. The molecule has 3 aromatic rings. The first-order valence-electron chi connectivity index (χ1n) is 8.23. The van der Waals surface area contributed by atoms with E-state index in [1.54, 1.807) is 24.6 Å². The molecule has 0 saturated carbocycles. The van der Waals surface area contributed by atoms with Crippen molar-refractivity contribution < 1.29 is 9.32 Å². The van der Waals surface area contributed by atoms with Crippen LogP contribution in [0.15, 0.2) is 40.0 Å². The smallest absolute Gasteiger partial charge is 0.238 e. The van der Waals surface area contributed by atoms with Crippen molar-refractivity contribution in [3.63, 3.8) is 0 Å². The maximum Gasteiger partial charge on any atom is 0.238 e. The van der Waals surface area contributed by atoms with Crippen molar-refractivity contribution in [1.82, 2.24) is 25.4 Å². The summed E-state index contributed by atoms with van der Waals surface area (Å²) in [6.07, 6.45) is 0. The van der Waals surface area contributed by atoms with Crippen LogP contribution in [0.4, 0.5) is 5.82 Å². The third-order valence-corrected chi connectivity index (χ3v) is 4.81. The molecule has 1 amide bonds. The number of amides is 1. The normalized spacial score (nSPS) is 12.3. The van der Waals surface area contributed by atoms with Crippen LogP contribution in [0.25, 0.3) is 5.69 Å². The summed E-state index contributed by atoms with van der Waals surface area (Å²) in [6, 6.07) is 9.71. The highest BCUT2D eigenvalue weighted by molar-refractivity contribution is 8.00. The number of thioether (sulfide) groups is 1. The van der Waals surface area contributed by atoms with Crippen molar-refractivity contribution >= 4 is 23.5 Å². The Hall–Kier alpha value is -2.68. The van der Waals surface area contributed by atoms with Crippen LogP contribution < -0.4 is 5.32 Å². The highest BCUT2D eigenvalue weighted by Crippen LogP contribution is 2.24.